The molecule has 1 rings (SSSR count). The van der Waals surface area contributed by atoms with E-state index >= 15 is 0 Å². The summed E-state index contributed by atoms with van der Waals surface area (Å²) in [6, 6.07) is 5.73. The van der Waals surface area contributed by atoms with Gasteiger partial charge in [0.2, 0.25) is 0 Å². The van der Waals surface area contributed by atoms with Gasteiger partial charge in [0.15, 0.2) is 0 Å². The monoisotopic (exact) mass is 304 g/mol. The number of methoxy groups -OCH3 is 1. The lowest BCUT2D eigenvalue weighted by atomic mass is 10.2. The minimum Gasteiger partial charge on any atom is -0.469 e. The van der Waals surface area contributed by atoms with Crippen LogP contribution in [0.3, 0.4) is 0 Å². The predicted molar refractivity (Wildman–Crippen MR) is 67.4 cm³/mol. The van der Waals surface area contributed by atoms with Crippen LogP contribution in [0.5, 0.6) is 0 Å². The number of aliphatic hydroxyl groups excluding tert-OH is 1. The topological polar surface area (TPSA) is 46.5 Å². The molecule has 1 aromatic rings. The van der Waals surface area contributed by atoms with E-state index < -0.39 is 0 Å². The van der Waals surface area contributed by atoms with Crippen LogP contribution < -0.4 is 0 Å². The fraction of sp³-hybridized carbons (Fsp3) is 0.364. The number of rotatable bonds is 5. The van der Waals surface area contributed by atoms with Crippen molar-refractivity contribution >= 4 is 33.7 Å². The number of halogens is 1. The lowest BCUT2D eigenvalue weighted by Crippen LogP contribution is -2.00. The number of hydrogen-bond donors (Lipinski definition) is 1. The number of ether oxygens (including phenoxy) is 1. The summed E-state index contributed by atoms with van der Waals surface area (Å²) in [7, 11) is 1.39. The summed E-state index contributed by atoms with van der Waals surface area (Å²) in [5.74, 6) is 0.496. The first-order chi connectivity index (χ1) is 7.67. The van der Waals surface area contributed by atoms with Crippen molar-refractivity contribution < 1.29 is 14.6 Å². The first kappa shape index (κ1) is 13.5. The van der Waals surface area contributed by atoms with Crippen molar-refractivity contribution in [2.45, 2.75) is 17.9 Å². The van der Waals surface area contributed by atoms with E-state index in [0.29, 0.717) is 12.2 Å². The van der Waals surface area contributed by atoms with Crippen molar-refractivity contribution in [3.8, 4) is 0 Å². The first-order valence-electron chi connectivity index (χ1n) is 4.76. The highest BCUT2D eigenvalue weighted by molar-refractivity contribution is 9.10. The van der Waals surface area contributed by atoms with Crippen LogP contribution >= 0.6 is 27.7 Å². The average Bonchev–Trinajstić information content (AvgIpc) is 2.29. The summed E-state index contributed by atoms with van der Waals surface area (Å²) in [5, 5.41) is 8.99. The van der Waals surface area contributed by atoms with Crippen LogP contribution in [0.2, 0.25) is 0 Å². The number of aliphatic hydroxyl groups is 1. The Kier molecular flexibility index (Phi) is 5.87. The van der Waals surface area contributed by atoms with E-state index in [2.05, 4.69) is 20.7 Å². The summed E-state index contributed by atoms with van der Waals surface area (Å²) in [4.78, 5) is 12.0. The van der Waals surface area contributed by atoms with Gasteiger partial charge in [0.25, 0.3) is 0 Å². The molecule has 16 heavy (non-hydrogen) atoms. The minimum absolute atomic E-state index is 0.0215. The van der Waals surface area contributed by atoms with Crippen molar-refractivity contribution in [3.63, 3.8) is 0 Å². The third-order valence-corrected chi connectivity index (χ3v) is 3.73. The van der Waals surface area contributed by atoms with Gasteiger partial charge in [0.1, 0.15) is 0 Å². The molecule has 0 unspecified atom stereocenters. The number of benzene rings is 1. The Morgan fingerprint density at radius 1 is 1.56 bits per heavy atom. The molecule has 1 aromatic carbocycles. The molecular weight excluding hydrogens is 292 g/mol. The van der Waals surface area contributed by atoms with Crippen LogP contribution in [-0.4, -0.2) is 23.9 Å². The molecule has 0 radical (unpaired) electrons. The largest absolute Gasteiger partial charge is 0.469 e. The molecule has 0 amide bonds. The number of carbonyl (C=O) groups is 1. The van der Waals surface area contributed by atoms with Gasteiger partial charge in [-0.05, 0) is 17.7 Å². The second-order valence-corrected chi connectivity index (χ2v) is 5.11. The van der Waals surface area contributed by atoms with Crippen molar-refractivity contribution in [1.82, 2.24) is 0 Å². The molecule has 88 valence electrons. The van der Waals surface area contributed by atoms with Gasteiger partial charge in [-0.3, -0.25) is 4.79 Å². The number of carbonyl (C=O) groups excluding carboxylic acids is 1. The van der Waals surface area contributed by atoms with Gasteiger partial charge in [-0.1, -0.05) is 22.0 Å². The summed E-state index contributed by atoms with van der Waals surface area (Å²) in [6.07, 6.45) is 0.403. The normalized spacial score (nSPS) is 10.2. The Morgan fingerprint density at radius 2 is 2.31 bits per heavy atom. The maximum atomic E-state index is 10.9. The van der Waals surface area contributed by atoms with Gasteiger partial charge in [0.05, 0.1) is 20.1 Å². The highest BCUT2D eigenvalue weighted by Crippen LogP contribution is 2.25. The smallest absolute Gasteiger partial charge is 0.306 e. The molecule has 0 fully saturated rings. The van der Waals surface area contributed by atoms with E-state index in [9.17, 15) is 4.79 Å². The molecule has 0 aliphatic rings. The van der Waals surface area contributed by atoms with Gasteiger partial charge in [-0.2, -0.15) is 0 Å². The zero-order valence-corrected chi connectivity index (χ0v) is 11.3. The average molecular weight is 305 g/mol. The van der Waals surface area contributed by atoms with Crippen LogP contribution in [-0.2, 0) is 16.1 Å². The molecule has 0 aliphatic heterocycles. The standard InChI is InChI=1S/C11H13BrO3S/c1-15-11(14)4-5-16-9-3-2-8(7-13)10(12)6-9/h2-3,6,13H,4-5,7H2,1H3. The van der Waals surface area contributed by atoms with Crippen molar-refractivity contribution in [2.24, 2.45) is 0 Å². The van der Waals surface area contributed by atoms with E-state index in [0.717, 1.165) is 14.9 Å². The second-order valence-electron chi connectivity index (χ2n) is 3.09. The van der Waals surface area contributed by atoms with E-state index in [4.69, 9.17) is 5.11 Å². The first-order valence-corrected chi connectivity index (χ1v) is 6.54. The lowest BCUT2D eigenvalue weighted by molar-refractivity contribution is -0.140. The number of thioether (sulfide) groups is 1. The Labute approximate surface area is 107 Å². The SMILES string of the molecule is COC(=O)CCSc1ccc(CO)c(Br)c1. The molecule has 0 aromatic heterocycles. The van der Waals surface area contributed by atoms with Crippen LogP contribution in [0.1, 0.15) is 12.0 Å². The Hall–Kier alpha value is -0.520. The maximum Gasteiger partial charge on any atom is 0.306 e. The van der Waals surface area contributed by atoms with Crippen molar-refractivity contribution in [1.29, 1.82) is 0 Å². The quantitative estimate of drug-likeness (QED) is 0.671. The maximum absolute atomic E-state index is 10.9. The summed E-state index contributed by atoms with van der Waals surface area (Å²) < 4.78 is 5.44. The van der Waals surface area contributed by atoms with Crippen LogP contribution in [0.15, 0.2) is 27.6 Å². The minimum atomic E-state index is -0.196. The van der Waals surface area contributed by atoms with Crippen LogP contribution in [0.4, 0.5) is 0 Å². The van der Waals surface area contributed by atoms with Gasteiger partial charge in [0, 0.05) is 15.1 Å². The molecule has 0 heterocycles. The zero-order valence-electron chi connectivity index (χ0n) is 8.90. The van der Waals surface area contributed by atoms with Crippen molar-refractivity contribution in [3.05, 3.63) is 28.2 Å². The third kappa shape index (κ3) is 4.15. The highest BCUT2D eigenvalue weighted by Gasteiger charge is 2.03. The molecule has 0 atom stereocenters. The summed E-state index contributed by atoms with van der Waals surface area (Å²) in [6.45, 7) is 0.0215. The van der Waals surface area contributed by atoms with Crippen LogP contribution in [0, 0.1) is 0 Å². The molecule has 1 N–H and O–H groups in total. The molecule has 0 aliphatic carbocycles. The molecule has 0 saturated heterocycles. The molecule has 0 spiro atoms. The van der Waals surface area contributed by atoms with E-state index in [1.54, 1.807) is 11.8 Å². The Morgan fingerprint density at radius 3 is 2.88 bits per heavy atom. The van der Waals surface area contributed by atoms with Gasteiger partial charge in [-0.15, -0.1) is 11.8 Å². The predicted octanol–water partition coefficient (Wildman–Crippen LogP) is 2.60. The summed E-state index contributed by atoms with van der Waals surface area (Å²) >= 11 is 4.96. The molecule has 5 heteroatoms. The zero-order chi connectivity index (χ0) is 12.0. The fourth-order valence-corrected chi connectivity index (χ4v) is 2.63. The highest BCUT2D eigenvalue weighted by atomic mass is 79.9. The molecule has 0 saturated carbocycles. The Bertz CT molecular complexity index is 368. The molecular formula is C11H13BrO3S. The van der Waals surface area contributed by atoms with Crippen molar-refractivity contribution in [2.75, 3.05) is 12.9 Å². The van der Waals surface area contributed by atoms with Gasteiger partial charge >= 0.3 is 5.97 Å². The lowest BCUT2D eigenvalue weighted by Gasteiger charge is -2.04. The second kappa shape index (κ2) is 6.93. The number of hydrogen-bond acceptors (Lipinski definition) is 4. The van der Waals surface area contributed by atoms with Gasteiger partial charge in [-0.25, -0.2) is 0 Å². The van der Waals surface area contributed by atoms with E-state index in [-0.39, 0.29) is 12.6 Å². The molecule has 3 nitrogen and oxygen atoms in total. The fourth-order valence-electron chi connectivity index (χ4n) is 1.10. The van der Waals surface area contributed by atoms with Gasteiger partial charge < -0.3 is 9.84 Å². The Balaban J connectivity index is 2.49. The van der Waals surface area contributed by atoms with E-state index in [1.807, 2.05) is 18.2 Å². The van der Waals surface area contributed by atoms with E-state index in [1.165, 1.54) is 7.11 Å². The molecule has 0 bridgehead atoms. The summed E-state index contributed by atoms with van der Waals surface area (Å²) in [5.41, 5.74) is 0.859. The third-order valence-electron chi connectivity index (χ3n) is 2.00. The number of esters is 1. The van der Waals surface area contributed by atoms with Crippen LogP contribution in [0.25, 0.3) is 0 Å².